The van der Waals surface area contributed by atoms with E-state index in [-0.39, 0.29) is 41.5 Å². The van der Waals surface area contributed by atoms with Gasteiger partial charge in [-0.25, -0.2) is 13.6 Å². The lowest BCUT2D eigenvalue weighted by Crippen LogP contribution is -2.20. The van der Waals surface area contributed by atoms with Gasteiger partial charge in [0.1, 0.15) is 23.0 Å². The molecule has 0 atom stereocenters. The lowest BCUT2D eigenvalue weighted by atomic mass is 10.0. The number of hydrogen-bond acceptors (Lipinski definition) is 10. The van der Waals surface area contributed by atoms with Crippen LogP contribution in [0.25, 0.3) is 27.8 Å². The first-order chi connectivity index (χ1) is 19.1. The molecule has 10 nitrogen and oxygen atoms in total. The van der Waals surface area contributed by atoms with Crippen LogP contribution in [0.3, 0.4) is 0 Å². The van der Waals surface area contributed by atoms with Crippen LogP contribution in [0.1, 0.15) is 21.7 Å². The maximum Gasteiger partial charge on any atom is 0.238 e. The number of primary sulfonamides is 1. The summed E-state index contributed by atoms with van der Waals surface area (Å²) in [6, 6.07) is 13.0. The van der Waals surface area contributed by atoms with Gasteiger partial charge >= 0.3 is 0 Å². The zero-order valence-corrected chi connectivity index (χ0v) is 23.4. The zero-order chi connectivity index (χ0) is 28.9. The van der Waals surface area contributed by atoms with Crippen LogP contribution in [-0.2, 0) is 10.0 Å². The van der Waals surface area contributed by atoms with Gasteiger partial charge < -0.3 is 24.2 Å². The fraction of sp³-hybridized carbons (Fsp3) is 0.214. The number of ketones is 1. The lowest BCUT2D eigenvalue weighted by Gasteiger charge is -2.17. The largest absolute Gasteiger partial charge is 0.496 e. The van der Waals surface area contributed by atoms with Gasteiger partial charge in [0.25, 0.3) is 0 Å². The van der Waals surface area contributed by atoms with Crippen LogP contribution in [0.15, 0.2) is 69.4 Å². The number of benzene rings is 2. The third-order valence-corrected chi connectivity index (χ3v) is 7.87. The van der Waals surface area contributed by atoms with Crippen molar-refractivity contribution in [3.8, 4) is 33.2 Å². The summed E-state index contributed by atoms with van der Waals surface area (Å²) in [5.74, 6) is 0.501. The second-order valence-electron chi connectivity index (χ2n) is 8.89. The molecule has 2 aromatic heterocycles. The minimum atomic E-state index is -4.10. The molecule has 12 heteroatoms. The predicted molar refractivity (Wildman–Crippen MR) is 151 cm³/mol. The van der Waals surface area contributed by atoms with Gasteiger partial charge in [-0.1, -0.05) is 11.2 Å². The molecule has 40 heavy (non-hydrogen) atoms. The predicted octanol–water partition coefficient (Wildman–Crippen LogP) is 3.91. The number of aryl methyl sites for hydroxylation is 1. The maximum atomic E-state index is 13.2. The van der Waals surface area contributed by atoms with Crippen molar-refractivity contribution in [2.24, 2.45) is 11.1 Å². The van der Waals surface area contributed by atoms with Gasteiger partial charge in [-0.3, -0.25) is 4.79 Å². The Kier molecular flexibility index (Phi) is 9.17. The minimum absolute atomic E-state index is 0.0405. The number of hydrogen-bond donors (Lipinski definition) is 3. The van der Waals surface area contributed by atoms with Gasteiger partial charge in [-0.2, -0.15) is 0 Å². The molecule has 0 amide bonds. The van der Waals surface area contributed by atoms with E-state index < -0.39 is 21.7 Å². The molecule has 0 saturated carbocycles. The molecule has 0 aliphatic heterocycles. The Labute approximate surface area is 235 Å². The summed E-state index contributed by atoms with van der Waals surface area (Å²) >= 11 is 1.52. The molecule has 0 fully saturated rings. The van der Waals surface area contributed by atoms with Crippen molar-refractivity contribution >= 4 is 33.2 Å². The summed E-state index contributed by atoms with van der Waals surface area (Å²) in [5, 5.41) is 30.1. The Balaban J connectivity index is 1.73. The van der Waals surface area contributed by atoms with Crippen LogP contribution in [0.4, 0.5) is 0 Å². The first-order valence-corrected chi connectivity index (χ1v) is 14.5. The molecule has 2 aromatic carbocycles. The third-order valence-electron chi connectivity index (χ3n) is 6.00. The molecule has 0 spiro atoms. The number of nitrogens with zero attached hydrogens (tertiary/aromatic N) is 1. The number of ether oxygens (including phenoxy) is 2. The van der Waals surface area contributed by atoms with E-state index in [0.29, 0.717) is 22.8 Å². The average molecular weight is 585 g/mol. The third kappa shape index (κ3) is 6.66. The number of carbonyl (C=O) groups excluding carboxylic acids is 1. The van der Waals surface area contributed by atoms with E-state index in [1.807, 2.05) is 23.6 Å². The monoisotopic (exact) mass is 584 g/mol. The van der Waals surface area contributed by atoms with Gasteiger partial charge in [-0.15, -0.1) is 11.3 Å². The fourth-order valence-electron chi connectivity index (χ4n) is 3.88. The van der Waals surface area contributed by atoms with E-state index in [2.05, 4.69) is 5.16 Å². The van der Waals surface area contributed by atoms with Crippen molar-refractivity contribution in [1.82, 2.24) is 5.16 Å². The molecule has 0 aliphatic rings. The summed E-state index contributed by atoms with van der Waals surface area (Å²) in [4.78, 5) is 14.0. The number of methoxy groups -OCH3 is 1. The quantitative estimate of drug-likeness (QED) is 0.166. The lowest BCUT2D eigenvalue weighted by molar-refractivity contribution is 0.104. The van der Waals surface area contributed by atoms with Gasteiger partial charge in [-0.05, 0) is 54.8 Å². The number of aliphatic hydroxyl groups excluding tert-OH is 2. The number of aromatic nitrogens is 1. The average Bonchev–Trinajstić information content (AvgIpc) is 3.63. The molecule has 0 unspecified atom stereocenters. The van der Waals surface area contributed by atoms with Crippen LogP contribution < -0.4 is 14.6 Å². The molecular weight excluding hydrogens is 556 g/mol. The molecule has 0 saturated heterocycles. The molecule has 0 aliphatic carbocycles. The molecular formula is C28H28N2O8S2. The van der Waals surface area contributed by atoms with Crippen molar-refractivity contribution in [3.05, 3.63) is 76.9 Å². The van der Waals surface area contributed by atoms with Crippen molar-refractivity contribution < 1.29 is 37.4 Å². The minimum Gasteiger partial charge on any atom is -0.496 e. The summed E-state index contributed by atoms with van der Waals surface area (Å²) < 4.78 is 40.9. The van der Waals surface area contributed by atoms with E-state index in [1.54, 1.807) is 32.2 Å². The Morgan fingerprint density at radius 1 is 1.12 bits per heavy atom. The number of allylic oxidation sites excluding steroid dienone is 1. The topological polar surface area (TPSA) is 162 Å². The Hall–Kier alpha value is -3.81. The van der Waals surface area contributed by atoms with E-state index in [0.717, 1.165) is 10.4 Å². The first kappa shape index (κ1) is 29.2. The molecule has 4 aromatic rings. The molecule has 0 radical (unpaired) electrons. The summed E-state index contributed by atoms with van der Waals surface area (Å²) in [5.41, 5.74) is 1.93. The van der Waals surface area contributed by atoms with E-state index >= 15 is 0 Å². The van der Waals surface area contributed by atoms with Crippen molar-refractivity contribution in [2.45, 2.75) is 11.8 Å². The van der Waals surface area contributed by atoms with Crippen molar-refractivity contribution in [2.75, 3.05) is 26.9 Å². The molecule has 4 rings (SSSR count). The summed E-state index contributed by atoms with van der Waals surface area (Å²) in [6.45, 7) is 1.19. The Morgan fingerprint density at radius 2 is 1.90 bits per heavy atom. The second-order valence-corrected chi connectivity index (χ2v) is 11.4. The van der Waals surface area contributed by atoms with Crippen LogP contribution in [-0.4, -0.2) is 56.5 Å². The molecule has 0 bridgehead atoms. The number of carbonyl (C=O) groups is 1. The Morgan fingerprint density at radius 3 is 2.50 bits per heavy atom. The number of rotatable bonds is 12. The van der Waals surface area contributed by atoms with E-state index in [9.17, 15) is 23.4 Å². The fourth-order valence-corrected chi connectivity index (χ4v) is 5.36. The maximum absolute atomic E-state index is 13.2. The van der Waals surface area contributed by atoms with Gasteiger partial charge in [0, 0.05) is 45.2 Å². The highest BCUT2D eigenvalue weighted by Crippen LogP contribution is 2.39. The molecule has 2 heterocycles. The standard InChI is InChI=1S/C28H28N2O8S2/c1-17-10-23(30-38-17)21-11-19(6-8-28(21)40(29,34)35)24(33)7-5-20-12-22(27-4-3-9-39-27)26(36-2)13-25(20)37-16-18(14-31)15-32/h3-13,18,31-32H,14-16H2,1-2H3,(H2,29,34,35)/b7-5+. The summed E-state index contributed by atoms with van der Waals surface area (Å²) in [6.07, 6.45) is 2.92. The Bertz CT molecular complexity index is 1620. The number of sulfonamides is 1. The first-order valence-electron chi connectivity index (χ1n) is 12.1. The zero-order valence-electron chi connectivity index (χ0n) is 21.7. The van der Waals surface area contributed by atoms with Gasteiger partial charge in [0.2, 0.25) is 10.0 Å². The van der Waals surface area contributed by atoms with Crippen molar-refractivity contribution in [3.63, 3.8) is 0 Å². The molecule has 4 N–H and O–H groups in total. The number of nitrogens with two attached hydrogens (primary N) is 1. The van der Waals surface area contributed by atoms with Gasteiger partial charge in [0.15, 0.2) is 5.78 Å². The van der Waals surface area contributed by atoms with E-state index in [1.165, 1.54) is 35.6 Å². The van der Waals surface area contributed by atoms with Crippen LogP contribution in [0, 0.1) is 12.8 Å². The van der Waals surface area contributed by atoms with Gasteiger partial charge in [0.05, 0.1) is 31.8 Å². The summed E-state index contributed by atoms with van der Waals surface area (Å²) in [7, 11) is -2.56. The highest BCUT2D eigenvalue weighted by Gasteiger charge is 2.20. The highest BCUT2D eigenvalue weighted by molar-refractivity contribution is 7.89. The smallest absolute Gasteiger partial charge is 0.238 e. The van der Waals surface area contributed by atoms with E-state index in [4.69, 9.17) is 19.1 Å². The van der Waals surface area contributed by atoms with Crippen LogP contribution >= 0.6 is 11.3 Å². The second kappa shape index (κ2) is 12.6. The molecule has 210 valence electrons. The SMILES string of the molecule is COc1cc(OCC(CO)CO)c(/C=C/C(=O)c2ccc(S(N)(=O)=O)c(-c3cc(C)on3)c2)cc1-c1cccs1. The number of thiophene rings is 1. The van der Waals surface area contributed by atoms with Crippen molar-refractivity contribution in [1.29, 1.82) is 0 Å². The number of aliphatic hydroxyl groups is 2. The van der Waals surface area contributed by atoms with Crippen LogP contribution in [0.5, 0.6) is 11.5 Å². The van der Waals surface area contributed by atoms with Crippen LogP contribution in [0.2, 0.25) is 0 Å². The highest BCUT2D eigenvalue weighted by atomic mass is 32.2. The normalized spacial score (nSPS) is 11.8.